The smallest absolute Gasteiger partial charge is 0.327 e. The highest BCUT2D eigenvalue weighted by molar-refractivity contribution is 5.91. The summed E-state index contributed by atoms with van der Waals surface area (Å²) in [5, 5.41) is 22.5. The Morgan fingerprint density at radius 1 is 1.17 bits per heavy atom. The molecule has 0 aliphatic carbocycles. The molecule has 0 unspecified atom stereocenters. The minimum atomic E-state index is -1.75. The second-order valence-electron chi connectivity index (χ2n) is 5.85. The molecule has 0 heterocycles. The van der Waals surface area contributed by atoms with E-state index in [9.17, 15) is 34.4 Å². The third-order valence-electron chi connectivity index (χ3n) is 3.75. The Morgan fingerprint density at radius 3 is 2.38 bits per heavy atom. The van der Waals surface area contributed by atoms with E-state index < -0.39 is 47.1 Å². The number of esters is 2. The maximum absolute atomic E-state index is 12.3. The molecule has 158 valence electrons. The number of nitro groups is 1. The van der Waals surface area contributed by atoms with E-state index in [1.165, 1.54) is 31.2 Å². The Morgan fingerprint density at radius 2 is 1.83 bits per heavy atom. The highest BCUT2D eigenvalue weighted by Gasteiger charge is 2.38. The van der Waals surface area contributed by atoms with E-state index in [2.05, 4.69) is 5.32 Å². The van der Waals surface area contributed by atoms with Gasteiger partial charge in [-0.05, 0) is 19.4 Å². The molecule has 1 amide bonds. The highest BCUT2D eigenvalue weighted by atomic mass is 16.6. The highest BCUT2D eigenvalue weighted by Crippen LogP contribution is 2.16. The summed E-state index contributed by atoms with van der Waals surface area (Å²) in [7, 11) is 0. The topological polar surface area (TPSA) is 162 Å². The number of ether oxygens (including phenoxy) is 2. The molecule has 2 N–H and O–H groups in total. The predicted octanol–water partition coefficient (Wildman–Crippen LogP) is 0.839. The van der Waals surface area contributed by atoms with Crippen LogP contribution in [-0.4, -0.2) is 53.1 Å². The van der Waals surface area contributed by atoms with Gasteiger partial charge in [0.25, 0.3) is 5.69 Å². The first-order valence-corrected chi connectivity index (χ1v) is 8.77. The van der Waals surface area contributed by atoms with Crippen LogP contribution >= 0.6 is 0 Å². The van der Waals surface area contributed by atoms with Gasteiger partial charge in [-0.15, -0.1) is 0 Å². The van der Waals surface area contributed by atoms with Crippen LogP contribution in [0.15, 0.2) is 24.3 Å². The molecule has 0 saturated heterocycles. The summed E-state index contributed by atoms with van der Waals surface area (Å²) in [6.07, 6.45) is -0.957. The van der Waals surface area contributed by atoms with E-state index >= 15 is 0 Å². The summed E-state index contributed by atoms with van der Waals surface area (Å²) < 4.78 is 9.57. The fourth-order valence-corrected chi connectivity index (χ4v) is 2.51. The standard InChI is InChI=1S/C18H22N2O9/c1-3-28-15(22)10-13(18(25)29-4-2)16(17(23)24)19-14(21)9-11-6-5-7-12(8-11)20(26)27/h5-8,13,16H,3-4,9-10H2,1-2H3,(H,19,21)(H,23,24)/t13-,16+/m0/s1. The molecule has 2 atom stereocenters. The molecule has 11 nitrogen and oxygen atoms in total. The van der Waals surface area contributed by atoms with Crippen LogP contribution in [0.3, 0.4) is 0 Å². The van der Waals surface area contributed by atoms with Gasteiger partial charge in [-0.2, -0.15) is 0 Å². The predicted molar refractivity (Wildman–Crippen MR) is 97.7 cm³/mol. The number of hydrogen-bond donors (Lipinski definition) is 2. The van der Waals surface area contributed by atoms with Crippen molar-refractivity contribution in [3.63, 3.8) is 0 Å². The van der Waals surface area contributed by atoms with Crippen LogP contribution in [0.1, 0.15) is 25.8 Å². The zero-order valence-corrected chi connectivity index (χ0v) is 16.0. The fraction of sp³-hybridized carbons (Fsp3) is 0.444. The maximum Gasteiger partial charge on any atom is 0.327 e. The summed E-state index contributed by atoms with van der Waals surface area (Å²) in [5.74, 6) is -5.62. The van der Waals surface area contributed by atoms with Crippen molar-refractivity contribution in [3.05, 3.63) is 39.9 Å². The van der Waals surface area contributed by atoms with Gasteiger partial charge in [0.1, 0.15) is 6.04 Å². The van der Waals surface area contributed by atoms with Crippen LogP contribution < -0.4 is 5.32 Å². The average Bonchev–Trinajstić information content (AvgIpc) is 2.64. The zero-order chi connectivity index (χ0) is 22.0. The summed E-state index contributed by atoms with van der Waals surface area (Å²) in [4.78, 5) is 58.1. The van der Waals surface area contributed by atoms with Gasteiger partial charge in [0, 0.05) is 12.1 Å². The van der Waals surface area contributed by atoms with Crippen molar-refractivity contribution in [2.45, 2.75) is 32.7 Å². The molecule has 0 saturated carbocycles. The molecule has 0 bridgehead atoms. The first kappa shape index (κ1) is 23.5. The SMILES string of the molecule is CCOC(=O)C[C@H](C(=O)OCC)[C@@H](NC(=O)Cc1cccc([N+](=O)[O-])c1)C(=O)O. The summed E-state index contributed by atoms with van der Waals surface area (Å²) in [6, 6.07) is 3.53. The Bertz CT molecular complexity index is 778. The number of carboxylic acids is 1. The normalized spacial score (nSPS) is 12.3. The molecular formula is C18H22N2O9. The van der Waals surface area contributed by atoms with Gasteiger partial charge < -0.3 is 19.9 Å². The fourth-order valence-electron chi connectivity index (χ4n) is 2.51. The summed E-state index contributed by atoms with van der Waals surface area (Å²) in [5.41, 5.74) is 0.0516. The number of nitrogens with one attached hydrogen (secondary N) is 1. The van der Waals surface area contributed by atoms with Crippen LogP contribution in [0.25, 0.3) is 0 Å². The van der Waals surface area contributed by atoms with Crippen molar-refractivity contribution in [3.8, 4) is 0 Å². The molecule has 1 aromatic rings. The summed E-state index contributed by atoms with van der Waals surface area (Å²) in [6.45, 7) is 3.04. The van der Waals surface area contributed by atoms with Crippen molar-refractivity contribution in [1.29, 1.82) is 0 Å². The van der Waals surface area contributed by atoms with Crippen molar-refractivity contribution in [1.82, 2.24) is 5.32 Å². The van der Waals surface area contributed by atoms with E-state index in [4.69, 9.17) is 9.47 Å². The largest absolute Gasteiger partial charge is 0.480 e. The third-order valence-corrected chi connectivity index (χ3v) is 3.75. The Balaban J connectivity index is 2.99. The van der Waals surface area contributed by atoms with E-state index in [0.29, 0.717) is 0 Å². The van der Waals surface area contributed by atoms with Crippen LogP contribution in [0.2, 0.25) is 0 Å². The number of non-ortho nitro benzene ring substituents is 1. The summed E-state index contributed by atoms with van der Waals surface area (Å²) >= 11 is 0. The number of nitrogens with zero attached hydrogens (tertiary/aromatic N) is 1. The van der Waals surface area contributed by atoms with Crippen LogP contribution in [-0.2, 0) is 35.1 Å². The molecule has 0 fully saturated rings. The second kappa shape index (κ2) is 11.4. The number of amides is 1. The minimum Gasteiger partial charge on any atom is -0.480 e. The van der Waals surface area contributed by atoms with E-state index in [1.54, 1.807) is 6.92 Å². The molecule has 29 heavy (non-hydrogen) atoms. The van der Waals surface area contributed by atoms with E-state index in [-0.39, 0.29) is 30.9 Å². The van der Waals surface area contributed by atoms with Gasteiger partial charge >= 0.3 is 17.9 Å². The third kappa shape index (κ3) is 7.56. The Labute approximate surface area is 166 Å². The van der Waals surface area contributed by atoms with Crippen molar-refractivity contribution in [2.75, 3.05) is 13.2 Å². The number of carboxylic acid groups (broad SMARTS) is 1. The van der Waals surface area contributed by atoms with Crippen LogP contribution in [0.5, 0.6) is 0 Å². The van der Waals surface area contributed by atoms with Gasteiger partial charge in [-0.3, -0.25) is 24.5 Å². The monoisotopic (exact) mass is 410 g/mol. The first-order valence-electron chi connectivity index (χ1n) is 8.77. The van der Waals surface area contributed by atoms with Gasteiger partial charge in [-0.1, -0.05) is 12.1 Å². The number of nitro benzene ring substituents is 1. The van der Waals surface area contributed by atoms with E-state index in [0.717, 1.165) is 0 Å². The van der Waals surface area contributed by atoms with Crippen LogP contribution in [0, 0.1) is 16.0 Å². The number of carbonyl (C=O) groups is 4. The molecule has 0 radical (unpaired) electrons. The molecule has 0 spiro atoms. The van der Waals surface area contributed by atoms with Gasteiger partial charge in [0.05, 0.1) is 36.9 Å². The van der Waals surface area contributed by atoms with Crippen molar-refractivity contribution < 1.29 is 38.7 Å². The van der Waals surface area contributed by atoms with Gasteiger partial charge in [-0.25, -0.2) is 4.79 Å². The Kier molecular flexibility index (Phi) is 9.23. The molecule has 0 aliphatic rings. The maximum atomic E-state index is 12.3. The molecule has 11 heteroatoms. The number of rotatable bonds is 11. The number of hydrogen-bond acceptors (Lipinski definition) is 8. The molecule has 1 aromatic carbocycles. The lowest BCUT2D eigenvalue weighted by Gasteiger charge is -2.22. The number of benzene rings is 1. The average molecular weight is 410 g/mol. The van der Waals surface area contributed by atoms with Crippen molar-refractivity contribution in [2.24, 2.45) is 5.92 Å². The quantitative estimate of drug-likeness (QED) is 0.306. The lowest BCUT2D eigenvalue weighted by molar-refractivity contribution is -0.384. The minimum absolute atomic E-state index is 0.0330. The van der Waals surface area contributed by atoms with Crippen molar-refractivity contribution >= 4 is 29.5 Å². The Hall–Kier alpha value is -3.50. The molecule has 0 aliphatic heterocycles. The lowest BCUT2D eigenvalue weighted by atomic mass is 9.95. The van der Waals surface area contributed by atoms with Gasteiger partial charge in [0.2, 0.25) is 5.91 Å². The number of aliphatic carboxylic acids is 1. The molecule has 0 aromatic heterocycles. The van der Waals surface area contributed by atoms with E-state index in [1.807, 2.05) is 0 Å². The van der Waals surface area contributed by atoms with Crippen LogP contribution in [0.4, 0.5) is 5.69 Å². The lowest BCUT2D eigenvalue weighted by Crippen LogP contribution is -2.50. The molecule has 1 rings (SSSR count). The zero-order valence-electron chi connectivity index (χ0n) is 16.0. The first-order chi connectivity index (χ1) is 13.7. The van der Waals surface area contributed by atoms with Gasteiger partial charge in [0.15, 0.2) is 0 Å². The molecular weight excluding hydrogens is 388 g/mol. The second-order valence-corrected chi connectivity index (χ2v) is 5.85. The number of carbonyl (C=O) groups excluding carboxylic acids is 3.